The number of amides is 2. The van der Waals surface area contributed by atoms with Gasteiger partial charge in [0, 0.05) is 26.7 Å². The molecule has 0 aromatic heterocycles. The molecule has 0 aliphatic rings. The Balaban J connectivity index is 2.76. The lowest BCUT2D eigenvalue weighted by atomic mass is 9.87. The van der Waals surface area contributed by atoms with Crippen LogP contribution in [0.25, 0.3) is 0 Å². The minimum absolute atomic E-state index is 0.0148. The molecule has 0 saturated heterocycles. The summed E-state index contributed by atoms with van der Waals surface area (Å²) in [5.41, 5.74) is 0.389. The van der Waals surface area contributed by atoms with Crippen molar-refractivity contribution in [2.45, 2.75) is 33.4 Å². The van der Waals surface area contributed by atoms with Crippen molar-refractivity contribution in [1.29, 1.82) is 0 Å². The zero-order chi connectivity index (χ0) is 20.0. The Kier molecular flexibility index (Phi) is 7.58. The fourth-order valence-electron chi connectivity index (χ4n) is 2.12. The van der Waals surface area contributed by atoms with Crippen molar-refractivity contribution in [3.63, 3.8) is 0 Å². The maximum Gasteiger partial charge on any atom is 0.424 e. The monoisotopic (exact) mass is 385 g/mol. The van der Waals surface area contributed by atoms with Gasteiger partial charge in [-0.3, -0.25) is 4.79 Å². The van der Waals surface area contributed by atoms with Gasteiger partial charge in [0.2, 0.25) is 6.41 Å². The third kappa shape index (κ3) is 5.99. The molecular weight excluding hydrogens is 358 g/mol. The molecule has 0 radical (unpaired) electrons. The maximum absolute atomic E-state index is 12.6. The number of likely N-dealkylation sites (N-methyl/N-ethyl adjacent to an activating group) is 1. The maximum atomic E-state index is 12.6. The van der Waals surface area contributed by atoms with Crippen LogP contribution in [0.15, 0.2) is 30.3 Å². The average molecular weight is 385 g/mol. The molecule has 0 bridgehead atoms. The van der Waals surface area contributed by atoms with Gasteiger partial charge in [0.15, 0.2) is 0 Å². The summed E-state index contributed by atoms with van der Waals surface area (Å²) in [6.45, 7) is 5.63. The highest BCUT2D eigenvalue weighted by Crippen LogP contribution is 2.21. The first-order chi connectivity index (χ1) is 12.0. The normalized spacial score (nSPS) is 13.2. The van der Waals surface area contributed by atoms with Crippen LogP contribution in [-0.2, 0) is 26.3 Å². The number of rotatable bonds is 8. The minimum Gasteiger partial charge on any atom is -0.444 e. The molecule has 0 saturated carbocycles. The van der Waals surface area contributed by atoms with Crippen LogP contribution in [0, 0.1) is 5.41 Å². The van der Waals surface area contributed by atoms with Crippen LogP contribution in [0.5, 0.6) is 0 Å². The van der Waals surface area contributed by atoms with Crippen molar-refractivity contribution in [3.05, 3.63) is 35.9 Å². The summed E-state index contributed by atoms with van der Waals surface area (Å²) in [6.07, 6.45) is -0.440. The average Bonchev–Trinajstić information content (AvgIpc) is 2.58. The summed E-state index contributed by atoms with van der Waals surface area (Å²) in [5, 5.41) is 2.62. The number of benzene rings is 1. The first-order valence-electron chi connectivity index (χ1n) is 8.10. The molecule has 1 rings (SSSR count). The van der Waals surface area contributed by atoms with Crippen molar-refractivity contribution >= 4 is 22.7 Å². The fourth-order valence-corrected chi connectivity index (χ4v) is 3.12. The molecule has 146 valence electrons. The van der Waals surface area contributed by atoms with E-state index in [0.29, 0.717) is 10.7 Å². The number of hydrogen-bond donors (Lipinski definition) is 1. The molecule has 1 atom stereocenters. The number of nitrogens with zero attached hydrogens (tertiary/aromatic N) is 2. The second-order valence-corrected chi connectivity index (χ2v) is 9.07. The number of nitrogens with one attached hydrogen (secondary N) is 1. The first kappa shape index (κ1) is 21.9. The van der Waals surface area contributed by atoms with E-state index in [1.165, 1.54) is 7.05 Å². The first-order valence-corrected chi connectivity index (χ1v) is 9.50. The van der Waals surface area contributed by atoms with Gasteiger partial charge in [0.05, 0.1) is 0 Å². The van der Waals surface area contributed by atoms with Gasteiger partial charge < -0.3 is 10.1 Å². The summed E-state index contributed by atoms with van der Waals surface area (Å²) in [6, 6.07) is 8.54. The zero-order valence-electron chi connectivity index (χ0n) is 15.8. The van der Waals surface area contributed by atoms with Crippen molar-refractivity contribution in [2.75, 3.05) is 20.6 Å². The van der Waals surface area contributed by atoms with Gasteiger partial charge >= 0.3 is 16.3 Å². The zero-order valence-corrected chi connectivity index (χ0v) is 16.6. The van der Waals surface area contributed by atoms with E-state index in [1.807, 2.05) is 26.8 Å². The molecule has 0 heterocycles. The Morgan fingerprint density at radius 3 is 2.31 bits per heavy atom. The molecule has 0 aliphatic carbocycles. The highest BCUT2D eigenvalue weighted by molar-refractivity contribution is 7.87. The van der Waals surface area contributed by atoms with Crippen molar-refractivity contribution < 1.29 is 22.7 Å². The van der Waals surface area contributed by atoms with Gasteiger partial charge in [0.1, 0.15) is 6.61 Å². The van der Waals surface area contributed by atoms with E-state index in [2.05, 4.69) is 5.32 Å². The second kappa shape index (κ2) is 9.00. The lowest BCUT2D eigenvalue weighted by Gasteiger charge is -2.34. The van der Waals surface area contributed by atoms with E-state index in [0.717, 1.165) is 16.9 Å². The third-order valence-electron chi connectivity index (χ3n) is 3.96. The second-order valence-electron chi connectivity index (χ2n) is 7.00. The topological polar surface area (TPSA) is 96.0 Å². The fraction of sp³-hybridized carbons (Fsp3) is 0.529. The molecule has 0 spiro atoms. The van der Waals surface area contributed by atoms with E-state index >= 15 is 0 Å². The molecule has 1 aromatic carbocycles. The SMILES string of the molecule is CN(C[C@@H](NC=O)C(C)(C)C)S(=O)(=O)N(C)C(=O)OCc1ccccc1. The molecule has 9 heteroatoms. The Morgan fingerprint density at radius 1 is 1.23 bits per heavy atom. The van der Waals surface area contributed by atoms with E-state index in [1.54, 1.807) is 24.3 Å². The highest BCUT2D eigenvalue weighted by atomic mass is 32.2. The van der Waals surface area contributed by atoms with Gasteiger partial charge in [0.25, 0.3) is 0 Å². The number of carbonyl (C=O) groups excluding carboxylic acids is 2. The predicted molar refractivity (Wildman–Crippen MR) is 98.4 cm³/mol. The molecule has 0 fully saturated rings. The Labute approximate surface area is 155 Å². The molecule has 0 unspecified atom stereocenters. The Hall–Kier alpha value is -2.13. The van der Waals surface area contributed by atoms with Crippen LogP contribution in [0.4, 0.5) is 4.79 Å². The third-order valence-corrected chi connectivity index (χ3v) is 5.73. The van der Waals surface area contributed by atoms with Crippen molar-refractivity contribution in [2.24, 2.45) is 5.41 Å². The summed E-state index contributed by atoms with van der Waals surface area (Å²) in [7, 11) is -1.59. The number of hydrogen-bond acceptors (Lipinski definition) is 5. The van der Waals surface area contributed by atoms with Gasteiger partial charge in [-0.15, -0.1) is 0 Å². The standard InChI is InChI=1S/C17H27N3O5S/c1-17(2,3)15(18-13-21)11-19(4)26(23,24)20(5)16(22)25-12-14-9-7-6-8-10-14/h6-10,13,15H,11-12H2,1-5H3,(H,18,21)/t15-/m1/s1. The van der Waals surface area contributed by atoms with E-state index in [-0.39, 0.29) is 18.6 Å². The Bertz CT molecular complexity index is 701. The van der Waals surface area contributed by atoms with Crippen LogP contribution in [-0.4, -0.2) is 56.2 Å². The summed E-state index contributed by atoms with van der Waals surface area (Å²) >= 11 is 0. The number of ether oxygens (including phenoxy) is 1. The molecule has 1 N–H and O–H groups in total. The molecule has 2 amide bonds. The van der Waals surface area contributed by atoms with Crippen molar-refractivity contribution in [3.8, 4) is 0 Å². The summed E-state index contributed by atoms with van der Waals surface area (Å²) < 4.78 is 31.8. The van der Waals surface area contributed by atoms with Crippen LogP contribution in [0.2, 0.25) is 0 Å². The van der Waals surface area contributed by atoms with Gasteiger partial charge in [-0.25, -0.2) is 4.79 Å². The van der Waals surface area contributed by atoms with E-state index in [9.17, 15) is 18.0 Å². The molecule has 1 aromatic rings. The highest BCUT2D eigenvalue weighted by Gasteiger charge is 2.33. The Morgan fingerprint density at radius 2 is 1.81 bits per heavy atom. The lowest BCUT2D eigenvalue weighted by molar-refractivity contribution is -0.110. The smallest absolute Gasteiger partial charge is 0.424 e. The summed E-state index contributed by atoms with van der Waals surface area (Å²) in [5.74, 6) is 0. The van der Waals surface area contributed by atoms with Gasteiger partial charge in [-0.2, -0.15) is 17.0 Å². The quantitative estimate of drug-likeness (QED) is 0.686. The van der Waals surface area contributed by atoms with Crippen LogP contribution < -0.4 is 5.32 Å². The molecule has 8 nitrogen and oxygen atoms in total. The largest absolute Gasteiger partial charge is 0.444 e. The molecular formula is C17H27N3O5S. The molecule has 26 heavy (non-hydrogen) atoms. The van der Waals surface area contributed by atoms with Gasteiger partial charge in [-0.1, -0.05) is 51.1 Å². The minimum atomic E-state index is -4.08. The molecule has 0 aliphatic heterocycles. The lowest BCUT2D eigenvalue weighted by Crippen LogP contribution is -2.51. The van der Waals surface area contributed by atoms with Crippen LogP contribution in [0.3, 0.4) is 0 Å². The van der Waals surface area contributed by atoms with E-state index in [4.69, 9.17) is 4.74 Å². The van der Waals surface area contributed by atoms with Crippen LogP contribution >= 0.6 is 0 Å². The van der Waals surface area contributed by atoms with Crippen molar-refractivity contribution in [1.82, 2.24) is 13.9 Å². The van der Waals surface area contributed by atoms with E-state index < -0.39 is 22.3 Å². The predicted octanol–water partition coefficient (Wildman–Crippen LogP) is 1.59. The van der Waals surface area contributed by atoms with Gasteiger partial charge in [-0.05, 0) is 11.0 Å². The van der Waals surface area contributed by atoms with Crippen LogP contribution in [0.1, 0.15) is 26.3 Å². The summed E-state index contributed by atoms with van der Waals surface area (Å²) in [4.78, 5) is 22.9. The number of carbonyl (C=O) groups is 2.